The Kier molecular flexibility index (Phi) is 7.32. The second-order valence-corrected chi connectivity index (χ2v) is 12.5. The molecule has 0 spiro atoms. The van der Waals surface area contributed by atoms with E-state index in [1.54, 1.807) is 50.4 Å². The van der Waals surface area contributed by atoms with Gasteiger partial charge in [0.25, 0.3) is 0 Å². The van der Waals surface area contributed by atoms with Crippen molar-refractivity contribution in [1.82, 2.24) is 9.97 Å². The Labute approximate surface area is 219 Å². The number of ketones is 1. The third-order valence-electron chi connectivity index (χ3n) is 5.55. The standard InChI is InChI=1S/C25H27IN4O4S/c1-14(2)34-22-11-16-9-10-21(31)17(16)12-20(22)29-25-27-13-18(26)24(30-25)28-19-7-5-6-8-23(19)35(32,33)15(3)4/h5-8,11-15H,9-10H2,1-4H3,(H2,27,28,29,30). The van der Waals surface area contributed by atoms with Crippen molar-refractivity contribution >= 4 is 61.4 Å². The summed E-state index contributed by atoms with van der Waals surface area (Å²) in [5.41, 5.74) is 2.70. The zero-order valence-electron chi connectivity index (χ0n) is 19.9. The lowest BCUT2D eigenvalue weighted by Gasteiger charge is -2.18. The maximum absolute atomic E-state index is 12.9. The molecule has 0 unspecified atom stereocenters. The van der Waals surface area contributed by atoms with E-state index < -0.39 is 15.1 Å². The lowest BCUT2D eigenvalue weighted by atomic mass is 10.1. The molecule has 1 heterocycles. The molecule has 0 saturated heterocycles. The number of anilines is 4. The second-order valence-electron chi connectivity index (χ2n) is 8.83. The summed E-state index contributed by atoms with van der Waals surface area (Å²) in [7, 11) is -3.50. The molecule has 0 fully saturated rings. The Morgan fingerprint density at radius 3 is 2.49 bits per heavy atom. The summed E-state index contributed by atoms with van der Waals surface area (Å²) < 4.78 is 32.4. The third-order valence-corrected chi connectivity index (χ3v) is 8.55. The number of carbonyl (C=O) groups excluding carboxylic acids is 1. The third kappa shape index (κ3) is 5.43. The smallest absolute Gasteiger partial charge is 0.229 e. The number of halogens is 1. The molecule has 184 valence electrons. The number of Topliss-reactive ketones (excluding diaryl/α,β-unsaturated/α-hetero) is 1. The Bertz CT molecular complexity index is 1390. The number of fused-ring (bicyclic) bond motifs is 1. The minimum Gasteiger partial charge on any atom is -0.489 e. The molecular weight excluding hydrogens is 579 g/mol. The van der Waals surface area contributed by atoms with Crippen LogP contribution in [0.3, 0.4) is 0 Å². The van der Waals surface area contributed by atoms with E-state index in [2.05, 4.69) is 43.2 Å². The van der Waals surface area contributed by atoms with Crippen LogP contribution < -0.4 is 15.4 Å². The quantitative estimate of drug-likeness (QED) is 0.316. The molecule has 0 atom stereocenters. The zero-order valence-corrected chi connectivity index (χ0v) is 22.9. The molecule has 0 amide bonds. The van der Waals surface area contributed by atoms with Gasteiger partial charge in [0, 0.05) is 18.2 Å². The van der Waals surface area contributed by atoms with Gasteiger partial charge in [-0.3, -0.25) is 4.79 Å². The van der Waals surface area contributed by atoms with Crippen molar-refractivity contribution in [1.29, 1.82) is 0 Å². The molecule has 35 heavy (non-hydrogen) atoms. The van der Waals surface area contributed by atoms with Crippen LogP contribution in [0.15, 0.2) is 47.5 Å². The highest BCUT2D eigenvalue weighted by Gasteiger charge is 2.24. The minimum absolute atomic E-state index is 0.0556. The summed E-state index contributed by atoms with van der Waals surface area (Å²) in [5, 5.41) is 5.78. The van der Waals surface area contributed by atoms with Gasteiger partial charge in [-0.25, -0.2) is 13.4 Å². The van der Waals surface area contributed by atoms with E-state index >= 15 is 0 Å². The number of aryl methyl sites for hydroxylation is 1. The van der Waals surface area contributed by atoms with E-state index in [1.807, 2.05) is 19.9 Å². The van der Waals surface area contributed by atoms with Crippen LogP contribution in [-0.2, 0) is 16.3 Å². The first-order valence-electron chi connectivity index (χ1n) is 11.3. The van der Waals surface area contributed by atoms with Crippen LogP contribution in [0.5, 0.6) is 5.75 Å². The molecule has 3 aromatic rings. The van der Waals surface area contributed by atoms with E-state index in [9.17, 15) is 13.2 Å². The molecule has 0 aliphatic heterocycles. The fourth-order valence-corrected chi connectivity index (χ4v) is 5.35. The topological polar surface area (TPSA) is 110 Å². The predicted octanol–water partition coefficient (Wildman–Crippen LogP) is 5.67. The first-order chi connectivity index (χ1) is 16.6. The van der Waals surface area contributed by atoms with Crippen LogP contribution in [0, 0.1) is 3.57 Å². The monoisotopic (exact) mass is 606 g/mol. The molecule has 10 heteroatoms. The SMILES string of the molecule is CC(C)Oc1cc2c(cc1Nc1ncc(I)c(Nc3ccccc3S(=O)(=O)C(C)C)n1)C(=O)CC2. The average Bonchev–Trinajstić information content (AvgIpc) is 3.15. The van der Waals surface area contributed by atoms with E-state index in [4.69, 9.17) is 4.74 Å². The molecule has 2 aromatic carbocycles. The number of nitrogens with zero attached hydrogens (tertiary/aromatic N) is 2. The van der Waals surface area contributed by atoms with Crippen LogP contribution in [0.1, 0.15) is 50.0 Å². The van der Waals surface area contributed by atoms with Gasteiger partial charge < -0.3 is 15.4 Å². The maximum Gasteiger partial charge on any atom is 0.229 e. The van der Waals surface area contributed by atoms with Crippen molar-refractivity contribution in [3.8, 4) is 5.75 Å². The Balaban J connectivity index is 1.69. The Hall–Kier alpha value is -2.73. The van der Waals surface area contributed by atoms with Crippen LogP contribution in [0.25, 0.3) is 0 Å². The number of para-hydroxylation sites is 1. The Morgan fingerprint density at radius 2 is 1.77 bits per heavy atom. The molecule has 8 nitrogen and oxygen atoms in total. The summed E-state index contributed by atoms with van der Waals surface area (Å²) in [6.45, 7) is 7.18. The van der Waals surface area contributed by atoms with Gasteiger partial charge in [-0.1, -0.05) is 12.1 Å². The highest BCUT2D eigenvalue weighted by molar-refractivity contribution is 14.1. The molecule has 2 N–H and O–H groups in total. The van der Waals surface area contributed by atoms with E-state index in [1.165, 1.54) is 0 Å². The van der Waals surface area contributed by atoms with Crippen LogP contribution in [0.2, 0.25) is 0 Å². The number of carbonyl (C=O) groups is 1. The Morgan fingerprint density at radius 1 is 1.03 bits per heavy atom. The number of nitrogens with one attached hydrogen (secondary N) is 2. The van der Waals surface area contributed by atoms with Gasteiger partial charge in [0.1, 0.15) is 11.6 Å². The lowest BCUT2D eigenvalue weighted by Crippen LogP contribution is -2.16. The molecule has 1 aliphatic carbocycles. The van der Waals surface area contributed by atoms with Gasteiger partial charge in [0.15, 0.2) is 15.6 Å². The highest BCUT2D eigenvalue weighted by Crippen LogP contribution is 2.36. The van der Waals surface area contributed by atoms with Gasteiger partial charge in [0.05, 0.1) is 31.2 Å². The first kappa shape index (κ1) is 25.4. The summed E-state index contributed by atoms with van der Waals surface area (Å²) >= 11 is 2.10. The molecular formula is C25H27IN4O4S. The summed E-state index contributed by atoms with van der Waals surface area (Å²) in [6.07, 6.45) is 2.78. The fraction of sp³-hybridized carbons (Fsp3) is 0.320. The van der Waals surface area contributed by atoms with Gasteiger partial charge >= 0.3 is 0 Å². The van der Waals surface area contributed by atoms with Crippen LogP contribution in [-0.4, -0.2) is 35.5 Å². The van der Waals surface area contributed by atoms with Gasteiger partial charge in [-0.05, 0) is 86.5 Å². The van der Waals surface area contributed by atoms with Gasteiger partial charge in [-0.15, -0.1) is 0 Å². The number of hydrogen-bond donors (Lipinski definition) is 2. The molecule has 0 bridgehead atoms. The normalized spacial score (nSPS) is 13.3. The van der Waals surface area contributed by atoms with Crippen molar-refractivity contribution in [2.24, 2.45) is 0 Å². The summed E-state index contributed by atoms with van der Waals surface area (Å²) in [5.74, 6) is 1.47. The average molecular weight is 606 g/mol. The van der Waals surface area contributed by atoms with Crippen molar-refractivity contribution in [3.05, 3.63) is 57.3 Å². The van der Waals surface area contributed by atoms with Crippen molar-refractivity contribution in [3.63, 3.8) is 0 Å². The number of aromatic nitrogens is 2. The minimum atomic E-state index is -3.50. The largest absolute Gasteiger partial charge is 0.489 e. The molecule has 0 radical (unpaired) electrons. The van der Waals surface area contributed by atoms with Crippen molar-refractivity contribution in [2.75, 3.05) is 10.6 Å². The fourth-order valence-electron chi connectivity index (χ4n) is 3.76. The maximum atomic E-state index is 12.9. The van der Waals surface area contributed by atoms with E-state index in [0.29, 0.717) is 44.9 Å². The number of benzene rings is 2. The number of ether oxygens (including phenoxy) is 1. The molecule has 0 saturated carbocycles. The number of hydrogen-bond acceptors (Lipinski definition) is 8. The number of sulfone groups is 1. The summed E-state index contributed by atoms with van der Waals surface area (Å²) in [6, 6.07) is 10.5. The van der Waals surface area contributed by atoms with Crippen LogP contribution >= 0.6 is 22.6 Å². The zero-order chi connectivity index (χ0) is 25.3. The van der Waals surface area contributed by atoms with Crippen molar-refractivity contribution < 1.29 is 17.9 Å². The second kappa shape index (κ2) is 10.1. The predicted molar refractivity (Wildman–Crippen MR) is 145 cm³/mol. The van der Waals surface area contributed by atoms with Gasteiger partial charge in [-0.2, -0.15) is 4.98 Å². The molecule has 1 aromatic heterocycles. The highest BCUT2D eigenvalue weighted by atomic mass is 127. The molecule has 4 rings (SSSR count). The lowest BCUT2D eigenvalue weighted by molar-refractivity contribution is 0.0994. The molecule has 1 aliphatic rings. The van der Waals surface area contributed by atoms with Crippen LogP contribution in [0.4, 0.5) is 23.1 Å². The van der Waals surface area contributed by atoms with Gasteiger partial charge in [0.2, 0.25) is 5.95 Å². The first-order valence-corrected chi connectivity index (χ1v) is 13.9. The van der Waals surface area contributed by atoms with E-state index in [0.717, 1.165) is 5.56 Å². The van der Waals surface area contributed by atoms with Crippen molar-refractivity contribution in [2.45, 2.75) is 56.8 Å². The van der Waals surface area contributed by atoms with E-state index in [-0.39, 0.29) is 22.7 Å². The number of rotatable bonds is 8. The summed E-state index contributed by atoms with van der Waals surface area (Å²) in [4.78, 5) is 21.5.